The van der Waals surface area contributed by atoms with Gasteiger partial charge in [-0.05, 0) is 57.0 Å². The molecule has 7 heteroatoms. The predicted octanol–water partition coefficient (Wildman–Crippen LogP) is 5.37. The van der Waals surface area contributed by atoms with E-state index < -0.39 is 0 Å². The first-order valence-corrected chi connectivity index (χ1v) is 9.72. The van der Waals surface area contributed by atoms with Crippen LogP contribution in [0, 0.1) is 0 Å². The van der Waals surface area contributed by atoms with Gasteiger partial charge in [0.15, 0.2) is 0 Å². The highest BCUT2D eigenvalue weighted by Gasteiger charge is 2.18. The van der Waals surface area contributed by atoms with Crippen LogP contribution in [-0.2, 0) is 11.2 Å². The third kappa shape index (κ3) is 4.95. The summed E-state index contributed by atoms with van der Waals surface area (Å²) in [6.45, 7) is 5.45. The van der Waals surface area contributed by atoms with Crippen LogP contribution in [0.3, 0.4) is 0 Å². The first-order chi connectivity index (χ1) is 13.9. The number of methoxy groups -OCH3 is 1. The molecule has 0 aliphatic heterocycles. The first-order valence-electron chi connectivity index (χ1n) is 9.35. The van der Waals surface area contributed by atoms with E-state index in [1.807, 2.05) is 38.1 Å². The Morgan fingerprint density at radius 1 is 1.24 bits per heavy atom. The zero-order valence-electron chi connectivity index (χ0n) is 16.9. The minimum atomic E-state index is 0.0242. The number of para-hydroxylation sites is 1. The predicted molar refractivity (Wildman–Crippen MR) is 111 cm³/mol. The topological polar surface area (TPSA) is 74.5 Å². The van der Waals surface area contributed by atoms with E-state index in [0.29, 0.717) is 52.2 Å². The van der Waals surface area contributed by atoms with Crippen molar-refractivity contribution in [3.63, 3.8) is 0 Å². The molecule has 0 saturated carbocycles. The van der Waals surface area contributed by atoms with Crippen molar-refractivity contribution in [2.24, 2.45) is 0 Å². The summed E-state index contributed by atoms with van der Waals surface area (Å²) < 4.78 is 16.7. The fraction of sp³-hybridized carbons (Fsp3) is 0.318. The highest BCUT2D eigenvalue weighted by molar-refractivity contribution is 6.32. The van der Waals surface area contributed by atoms with Gasteiger partial charge in [0.25, 0.3) is 5.89 Å². The molecule has 0 amide bonds. The lowest BCUT2D eigenvalue weighted by Crippen LogP contribution is -2.05. The monoisotopic (exact) mass is 414 g/mol. The summed E-state index contributed by atoms with van der Waals surface area (Å²) in [7, 11) is 1.59. The Labute approximate surface area is 174 Å². The van der Waals surface area contributed by atoms with Gasteiger partial charge in [-0.15, -0.1) is 0 Å². The second-order valence-corrected chi connectivity index (χ2v) is 7.34. The van der Waals surface area contributed by atoms with E-state index in [-0.39, 0.29) is 11.9 Å². The minimum absolute atomic E-state index is 0.0242. The molecule has 0 fully saturated rings. The lowest BCUT2D eigenvalue weighted by Gasteiger charge is -2.11. The third-order valence-electron chi connectivity index (χ3n) is 4.26. The molecular weight excluding hydrogens is 392 g/mol. The number of ketones is 1. The number of benzene rings is 2. The third-order valence-corrected chi connectivity index (χ3v) is 4.55. The van der Waals surface area contributed by atoms with Gasteiger partial charge in [0.05, 0.1) is 23.8 Å². The van der Waals surface area contributed by atoms with E-state index in [4.69, 9.17) is 25.6 Å². The molecule has 0 atom stereocenters. The number of carbonyl (C=O) groups excluding carboxylic acids is 1. The average molecular weight is 415 g/mol. The molecule has 3 rings (SSSR count). The Kier molecular flexibility index (Phi) is 6.54. The van der Waals surface area contributed by atoms with Crippen LogP contribution in [0.4, 0.5) is 0 Å². The van der Waals surface area contributed by atoms with E-state index in [2.05, 4.69) is 10.1 Å². The first kappa shape index (κ1) is 20.9. The van der Waals surface area contributed by atoms with E-state index in [9.17, 15) is 4.79 Å². The number of aromatic nitrogens is 2. The normalized spacial score (nSPS) is 11.0. The Hall–Kier alpha value is -2.86. The van der Waals surface area contributed by atoms with Gasteiger partial charge in [-0.1, -0.05) is 28.9 Å². The van der Waals surface area contributed by atoms with E-state index in [1.165, 1.54) is 0 Å². The molecule has 0 aliphatic carbocycles. The standard InChI is InChI=1S/C22H23ClN2O4/c1-13(2)28-19-11-10-16(12-18(19)23)22-24-21(25-29-22)17-7-5-6-15(20(17)27-4)9-8-14(3)26/h5-7,10-13H,8-9H2,1-4H3. The van der Waals surface area contributed by atoms with Gasteiger partial charge in [-0.2, -0.15) is 4.98 Å². The summed E-state index contributed by atoms with van der Waals surface area (Å²) in [6, 6.07) is 11.0. The number of aryl methyl sites for hydroxylation is 1. The van der Waals surface area contributed by atoms with Gasteiger partial charge >= 0.3 is 0 Å². The van der Waals surface area contributed by atoms with Crippen LogP contribution in [-0.4, -0.2) is 29.1 Å². The SMILES string of the molecule is COc1c(CCC(C)=O)cccc1-c1noc(-c2ccc(OC(C)C)c(Cl)c2)n1. The lowest BCUT2D eigenvalue weighted by molar-refractivity contribution is -0.116. The summed E-state index contributed by atoms with van der Waals surface area (Å²) in [5, 5.41) is 4.57. The molecule has 0 N–H and O–H groups in total. The van der Waals surface area contributed by atoms with Crippen LogP contribution in [0.2, 0.25) is 5.02 Å². The number of carbonyl (C=O) groups is 1. The number of Topliss-reactive ketones (excluding diaryl/α,β-unsaturated/α-hetero) is 1. The maximum atomic E-state index is 11.3. The van der Waals surface area contributed by atoms with Crippen LogP contribution in [0.5, 0.6) is 11.5 Å². The molecule has 0 radical (unpaired) electrons. The molecule has 3 aromatic rings. The Morgan fingerprint density at radius 2 is 2.03 bits per heavy atom. The number of halogens is 1. The van der Waals surface area contributed by atoms with Crippen LogP contribution in [0.1, 0.15) is 32.8 Å². The number of ether oxygens (including phenoxy) is 2. The van der Waals surface area contributed by atoms with Crippen molar-refractivity contribution in [3.05, 3.63) is 47.0 Å². The second-order valence-electron chi connectivity index (χ2n) is 6.93. The van der Waals surface area contributed by atoms with Crippen molar-refractivity contribution in [3.8, 4) is 34.3 Å². The summed E-state index contributed by atoms with van der Waals surface area (Å²) in [5.74, 6) is 2.11. The van der Waals surface area contributed by atoms with Gasteiger partial charge in [0.1, 0.15) is 17.3 Å². The molecule has 0 bridgehead atoms. The van der Waals surface area contributed by atoms with E-state index in [1.54, 1.807) is 26.2 Å². The Balaban J connectivity index is 1.91. The number of nitrogens with zero attached hydrogens (tertiary/aromatic N) is 2. The molecular formula is C22H23ClN2O4. The molecule has 0 unspecified atom stereocenters. The maximum Gasteiger partial charge on any atom is 0.258 e. The molecule has 2 aromatic carbocycles. The fourth-order valence-corrected chi connectivity index (χ4v) is 3.17. The van der Waals surface area contributed by atoms with Crippen LogP contribution in [0.25, 0.3) is 22.8 Å². The number of hydrogen-bond donors (Lipinski definition) is 0. The molecule has 152 valence electrons. The highest BCUT2D eigenvalue weighted by atomic mass is 35.5. The zero-order chi connectivity index (χ0) is 21.0. The van der Waals surface area contributed by atoms with Gasteiger partial charge in [-0.3, -0.25) is 0 Å². The van der Waals surface area contributed by atoms with Gasteiger partial charge in [0.2, 0.25) is 5.82 Å². The highest BCUT2D eigenvalue weighted by Crippen LogP contribution is 2.35. The van der Waals surface area contributed by atoms with Crippen molar-refractivity contribution in [2.45, 2.75) is 39.7 Å². The molecule has 1 aromatic heterocycles. The van der Waals surface area contributed by atoms with Crippen molar-refractivity contribution < 1.29 is 18.8 Å². The summed E-state index contributed by atoms with van der Waals surface area (Å²) in [5.41, 5.74) is 2.32. The molecule has 1 heterocycles. The lowest BCUT2D eigenvalue weighted by atomic mass is 10.0. The molecule has 29 heavy (non-hydrogen) atoms. The minimum Gasteiger partial charge on any atom is -0.496 e. The maximum absolute atomic E-state index is 11.3. The molecule has 0 aliphatic rings. The van der Waals surface area contributed by atoms with Gasteiger partial charge in [-0.25, -0.2) is 0 Å². The van der Waals surface area contributed by atoms with Crippen LogP contribution in [0.15, 0.2) is 40.9 Å². The van der Waals surface area contributed by atoms with Crippen LogP contribution < -0.4 is 9.47 Å². The van der Waals surface area contributed by atoms with Crippen LogP contribution >= 0.6 is 11.6 Å². The van der Waals surface area contributed by atoms with E-state index >= 15 is 0 Å². The average Bonchev–Trinajstić information content (AvgIpc) is 3.17. The second kappa shape index (κ2) is 9.09. The largest absolute Gasteiger partial charge is 0.496 e. The van der Waals surface area contributed by atoms with E-state index in [0.717, 1.165) is 5.56 Å². The summed E-state index contributed by atoms with van der Waals surface area (Å²) in [4.78, 5) is 15.8. The fourth-order valence-electron chi connectivity index (χ4n) is 2.94. The quantitative estimate of drug-likeness (QED) is 0.493. The van der Waals surface area contributed by atoms with Crippen molar-refractivity contribution in [1.29, 1.82) is 0 Å². The van der Waals surface area contributed by atoms with Crippen molar-refractivity contribution in [2.75, 3.05) is 7.11 Å². The zero-order valence-corrected chi connectivity index (χ0v) is 17.6. The smallest absolute Gasteiger partial charge is 0.258 e. The van der Waals surface area contributed by atoms with Crippen molar-refractivity contribution >= 4 is 17.4 Å². The molecule has 0 spiro atoms. The number of hydrogen-bond acceptors (Lipinski definition) is 6. The summed E-state index contributed by atoms with van der Waals surface area (Å²) in [6.07, 6.45) is 1.06. The number of rotatable bonds is 8. The Morgan fingerprint density at radius 3 is 2.69 bits per heavy atom. The molecule has 6 nitrogen and oxygen atoms in total. The summed E-state index contributed by atoms with van der Waals surface area (Å²) >= 11 is 6.31. The van der Waals surface area contributed by atoms with Gasteiger partial charge < -0.3 is 18.8 Å². The van der Waals surface area contributed by atoms with Gasteiger partial charge in [0, 0.05) is 12.0 Å². The molecule has 0 saturated heterocycles. The van der Waals surface area contributed by atoms with Crippen molar-refractivity contribution in [1.82, 2.24) is 10.1 Å². The Bertz CT molecular complexity index is 1010.